The molecule has 0 atom stereocenters. The van der Waals surface area contributed by atoms with E-state index in [9.17, 15) is 0 Å². The largest absolute Gasteiger partial charge is 0.382 e. The molecule has 3 rings (SSSR count). The molecule has 0 saturated heterocycles. The molecule has 17 heavy (non-hydrogen) atoms. The van der Waals surface area contributed by atoms with Crippen LogP contribution in [-0.2, 0) is 0 Å². The Balaban J connectivity index is 2.35. The summed E-state index contributed by atoms with van der Waals surface area (Å²) < 4.78 is 0. The Kier molecular flexibility index (Phi) is 2.19. The summed E-state index contributed by atoms with van der Waals surface area (Å²) in [6, 6.07) is 9.79. The number of rotatable bonds is 1. The molecule has 3 aromatic rings. The number of benzene rings is 1. The first kappa shape index (κ1) is 9.72. The second kappa shape index (κ2) is 3.83. The third-order valence-electron chi connectivity index (χ3n) is 2.63. The van der Waals surface area contributed by atoms with E-state index in [0.717, 1.165) is 16.5 Å². The lowest BCUT2D eigenvalue weighted by molar-refractivity contribution is 1.22. The summed E-state index contributed by atoms with van der Waals surface area (Å²) in [5.41, 5.74) is 8.44. The van der Waals surface area contributed by atoms with Gasteiger partial charge in [0.15, 0.2) is 0 Å². The molecule has 0 aliphatic heterocycles. The van der Waals surface area contributed by atoms with Gasteiger partial charge in [-0.15, -0.1) is 0 Å². The summed E-state index contributed by atoms with van der Waals surface area (Å²) in [5, 5.41) is 1.03. The number of pyridine rings is 1. The predicted molar refractivity (Wildman–Crippen MR) is 67.2 cm³/mol. The van der Waals surface area contributed by atoms with Crippen LogP contribution in [0.3, 0.4) is 0 Å². The third-order valence-corrected chi connectivity index (χ3v) is 2.63. The molecule has 2 N–H and O–H groups in total. The summed E-state index contributed by atoms with van der Waals surface area (Å²) in [4.78, 5) is 12.6. The van der Waals surface area contributed by atoms with Crippen molar-refractivity contribution in [1.82, 2.24) is 15.0 Å². The monoisotopic (exact) mass is 222 g/mol. The van der Waals surface area contributed by atoms with E-state index in [-0.39, 0.29) is 0 Å². The van der Waals surface area contributed by atoms with Crippen molar-refractivity contribution < 1.29 is 0 Å². The van der Waals surface area contributed by atoms with Gasteiger partial charge >= 0.3 is 0 Å². The highest BCUT2D eigenvalue weighted by molar-refractivity contribution is 5.95. The molecule has 0 aliphatic carbocycles. The highest BCUT2D eigenvalue weighted by Crippen LogP contribution is 2.28. The molecular formula is C13H10N4. The van der Waals surface area contributed by atoms with Crippen molar-refractivity contribution in [3.63, 3.8) is 0 Å². The zero-order valence-corrected chi connectivity index (χ0v) is 9.04. The van der Waals surface area contributed by atoms with Gasteiger partial charge in [0, 0.05) is 29.5 Å². The van der Waals surface area contributed by atoms with Crippen LogP contribution in [0.5, 0.6) is 0 Å². The molecule has 0 aliphatic rings. The highest BCUT2D eigenvalue weighted by Gasteiger charge is 2.08. The zero-order valence-electron chi connectivity index (χ0n) is 9.04. The molecule has 0 unspecified atom stereocenters. The van der Waals surface area contributed by atoms with Gasteiger partial charge in [0.05, 0.1) is 5.52 Å². The molecule has 0 amide bonds. The SMILES string of the molecule is Nc1nccnc1-c1cccc2ncccc12. The fraction of sp³-hybridized carbons (Fsp3) is 0. The number of nitrogen functional groups attached to an aromatic ring is 1. The maximum Gasteiger partial charge on any atom is 0.150 e. The van der Waals surface area contributed by atoms with Crippen molar-refractivity contribution in [2.24, 2.45) is 0 Å². The second-order valence-electron chi connectivity index (χ2n) is 3.67. The standard InChI is InChI=1S/C13H10N4/c14-13-12(16-7-8-17-13)10-3-1-5-11-9(10)4-2-6-15-11/h1-8H,(H2,14,17). The number of aromatic nitrogens is 3. The summed E-state index contributed by atoms with van der Waals surface area (Å²) in [5.74, 6) is 0.434. The topological polar surface area (TPSA) is 64.7 Å². The zero-order chi connectivity index (χ0) is 11.7. The number of anilines is 1. The lowest BCUT2D eigenvalue weighted by Crippen LogP contribution is -1.96. The number of nitrogens with two attached hydrogens (primary N) is 1. The molecule has 82 valence electrons. The molecule has 1 aromatic carbocycles. The van der Waals surface area contributed by atoms with Crippen LogP contribution in [0.1, 0.15) is 0 Å². The Bertz CT molecular complexity index is 674. The smallest absolute Gasteiger partial charge is 0.150 e. The van der Waals surface area contributed by atoms with E-state index in [0.29, 0.717) is 11.5 Å². The lowest BCUT2D eigenvalue weighted by Gasteiger charge is -2.06. The third kappa shape index (κ3) is 1.59. The number of hydrogen-bond donors (Lipinski definition) is 1. The Labute approximate surface area is 98.2 Å². The van der Waals surface area contributed by atoms with Crippen LogP contribution in [0.2, 0.25) is 0 Å². The maximum absolute atomic E-state index is 5.85. The van der Waals surface area contributed by atoms with E-state index in [2.05, 4.69) is 15.0 Å². The Morgan fingerprint density at radius 3 is 2.59 bits per heavy atom. The van der Waals surface area contributed by atoms with Crippen LogP contribution in [0.25, 0.3) is 22.2 Å². The van der Waals surface area contributed by atoms with Gasteiger partial charge in [-0.3, -0.25) is 9.97 Å². The van der Waals surface area contributed by atoms with Gasteiger partial charge < -0.3 is 5.73 Å². The van der Waals surface area contributed by atoms with E-state index in [1.807, 2.05) is 30.3 Å². The highest BCUT2D eigenvalue weighted by atomic mass is 14.9. The van der Waals surface area contributed by atoms with Crippen molar-refractivity contribution in [2.75, 3.05) is 5.73 Å². The summed E-state index contributed by atoms with van der Waals surface area (Å²) in [6.45, 7) is 0. The molecule has 0 fully saturated rings. The summed E-state index contributed by atoms with van der Waals surface area (Å²) in [7, 11) is 0. The van der Waals surface area contributed by atoms with Gasteiger partial charge in [-0.05, 0) is 12.1 Å². The van der Waals surface area contributed by atoms with Crippen LogP contribution in [0.15, 0.2) is 48.9 Å². The Morgan fingerprint density at radius 2 is 1.71 bits per heavy atom. The van der Waals surface area contributed by atoms with Crippen LogP contribution >= 0.6 is 0 Å². The molecular weight excluding hydrogens is 212 g/mol. The van der Waals surface area contributed by atoms with Crippen molar-refractivity contribution in [2.45, 2.75) is 0 Å². The average molecular weight is 222 g/mol. The Morgan fingerprint density at radius 1 is 0.824 bits per heavy atom. The van der Waals surface area contributed by atoms with Crippen LogP contribution in [0, 0.1) is 0 Å². The van der Waals surface area contributed by atoms with Gasteiger partial charge in [0.25, 0.3) is 0 Å². The lowest BCUT2D eigenvalue weighted by atomic mass is 10.1. The first-order valence-electron chi connectivity index (χ1n) is 5.27. The van der Waals surface area contributed by atoms with Gasteiger partial charge in [-0.2, -0.15) is 0 Å². The van der Waals surface area contributed by atoms with Crippen molar-refractivity contribution in [1.29, 1.82) is 0 Å². The maximum atomic E-state index is 5.85. The fourth-order valence-corrected chi connectivity index (χ4v) is 1.87. The molecule has 0 bridgehead atoms. The number of fused-ring (bicyclic) bond motifs is 1. The van der Waals surface area contributed by atoms with Gasteiger partial charge in [-0.1, -0.05) is 18.2 Å². The van der Waals surface area contributed by atoms with Crippen molar-refractivity contribution in [3.05, 3.63) is 48.9 Å². The van der Waals surface area contributed by atoms with Crippen LogP contribution < -0.4 is 5.73 Å². The van der Waals surface area contributed by atoms with Crippen molar-refractivity contribution >= 4 is 16.7 Å². The average Bonchev–Trinajstić information content (AvgIpc) is 2.39. The molecule has 4 heteroatoms. The predicted octanol–water partition coefficient (Wildman–Crippen LogP) is 2.27. The van der Waals surface area contributed by atoms with E-state index in [1.54, 1.807) is 18.6 Å². The molecule has 4 nitrogen and oxygen atoms in total. The fourth-order valence-electron chi connectivity index (χ4n) is 1.87. The van der Waals surface area contributed by atoms with Crippen LogP contribution in [-0.4, -0.2) is 15.0 Å². The normalized spacial score (nSPS) is 10.6. The van der Waals surface area contributed by atoms with Crippen LogP contribution in [0.4, 0.5) is 5.82 Å². The molecule has 0 saturated carbocycles. The van der Waals surface area contributed by atoms with E-state index in [1.165, 1.54) is 0 Å². The minimum Gasteiger partial charge on any atom is -0.382 e. The molecule has 0 spiro atoms. The summed E-state index contributed by atoms with van der Waals surface area (Å²) in [6.07, 6.45) is 5.00. The minimum atomic E-state index is 0.434. The van der Waals surface area contributed by atoms with Gasteiger partial charge in [0.1, 0.15) is 11.5 Å². The van der Waals surface area contributed by atoms with Crippen molar-refractivity contribution in [3.8, 4) is 11.3 Å². The van der Waals surface area contributed by atoms with E-state index >= 15 is 0 Å². The number of nitrogens with zero attached hydrogens (tertiary/aromatic N) is 3. The first-order chi connectivity index (χ1) is 8.36. The van der Waals surface area contributed by atoms with Gasteiger partial charge in [-0.25, -0.2) is 4.98 Å². The number of hydrogen-bond acceptors (Lipinski definition) is 4. The quantitative estimate of drug-likeness (QED) is 0.686. The second-order valence-corrected chi connectivity index (χ2v) is 3.67. The van der Waals surface area contributed by atoms with Gasteiger partial charge in [0.2, 0.25) is 0 Å². The first-order valence-corrected chi connectivity index (χ1v) is 5.27. The minimum absolute atomic E-state index is 0.434. The van der Waals surface area contributed by atoms with E-state index in [4.69, 9.17) is 5.73 Å². The summed E-state index contributed by atoms with van der Waals surface area (Å²) >= 11 is 0. The molecule has 2 aromatic heterocycles. The molecule has 2 heterocycles. The molecule has 0 radical (unpaired) electrons. The Hall–Kier alpha value is -2.49. The van der Waals surface area contributed by atoms with E-state index < -0.39 is 0 Å².